The lowest BCUT2D eigenvalue weighted by Gasteiger charge is -2.26. The molecular formula is C27H24BrN7O3. The Kier molecular flexibility index (Phi) is 6.02. The van der Waals surface area contributed by atoms with E-state index in [4.69, 9.17) is 0 Å². The molecule has 1 saturated heterocycles. The van der Waals surface area contributed by atoms with Gasteiger partial charge < -0.3 is 10.2 Å². The predicted octanol–water partition coefficient (Wildman–Crippen LogP) is 3.79. The minimum Gasteiger partial charge on any atom is -0.326 e. The van der Waals surface area contributed by atoms with Crippen LogP contribution in [-0.4, -0.2) is 59.3 Å². The summed E-state index contributed by atoms with van der Waals surface area (Å²) in [5.41, 5.74) is 2.64. The van der Waals surface area contributed by atoms with Crippen molar-refractivity contribution in [1.29, 1.82) is 0 Å². The van der Waals surface area contributed by atoms with Crippen molar-refractivity contribution in [2.75, 3.05) is 5.32 Å². The Labute approximate surface area is 226 Å². The van der Waals surface area contributed by atoms with E-state index in [1.807, 2.05) is 25.1 Å². The van der Waals surface area contributed by atoms with Gasteiger partial charge in [-0.25, -0.2) is 15.0 Å². The van der Waals surface area contributed by atoms with E-state index in [0.29, 0.717) is 45.2 Å². The van der Waals surface area contributed by atoms with E-state index in [0.717, 1.165) is 17.5 Å². The summed E-state index contributed by atoms with van der Waals surface area (Å²) in [6.45, 7) is 3.21. The topological polar surface area (TPSA) is 123 Å². The quantitative estimate of drug-likeness (QED) is 0.275. The molecule has 1 aromatic carbocycles. The molecule has 0 spiro atoms. The van der Waals surface area contributed by atoms with Crippen LogP contribution < -0.4 is 5.32 Å². The minimum atomic E-state index is -0.575. The number of hydrogen-bond acceptors (Lipinski definition) is 7. The number of likely N-dealkylation sites (tertiary alicyclic amines) is 1. The summed E-state index contributed by atoms with van der Waals surface area (Å²) in [6, 6.07) is 10.4. The van der Waals surface area contributed by atoms with Crippen molar-refractivity contribution in [2.24, 2.45) is 5.92 Å². The highest BCUT2D eigenvalue weighted by Crippen LogP contribution is 2.48. The van der Waals surface area contributed by atoms with Gasteiger partial charge in [-0.15, -0.1) is 0 Å². The molecule has 0 radical (unpaired) electrons. The maximum absolute atomic E-state index is 13.6. The highest BCUT2D eigenvalue weighted by atomic mass is 79.9. The van der Waals surface area contributed by atoms with Crippen LogP contribution in [-0.2, 0) is 16.1 Å². The number of ketones is 1. The fraction of sp³-hybridized carbons (Fsp3) is 0.296. The second-order valence-corrected chi connectivity index (χ2v) is 10.6. The number of aromatic nitrogens is 5. The standard InChI is InChI=1S/C27H24BrN7O3/c1-14(36)26-19-8-16(18-11-29-15(2)30-12-18)6-7-20(19)34(33-26)13-25(37)35-21-9-17(21)10-22(35)27(38)32-24-5-3-4-23(28)31-24/h3-8,11-12,17,21-22H,9-10,13H2,1-2H3,(H,31,32,38)/t17-,21?,22+/m1/s1. The molecule has 4 heterocycles. The van der Waals surface area contributed by atoms with Crippen LogP contribution in [0.1, 0.15) is 36.1 Å². The smallest absolute Gasteiger partial charge is 0.248 e. The number of aryl methyl sites for hydroxylation is 1. The molecule has 38 heavy (non-hydrogen) atoms. The number of Topliss-reactive ketones (excluding diaryl/α,β-unsaturated/α-hetero) is 1. The van der Waals surface area contributed by atoms with Gasteiger partial charge in [0.2, 0.25) is 11.8 Å². The normalized spacial score (nSPS) is 19.9. The number of carbonyl (C=O) groups excluding carboxylic acids is 3. The summed E-state index contributed by atoms with van der Waals surface area (Å²) in [7, 11) is 0. The first-order chi connectivity index (χ1) is 18.3. The molecule has 11 heteroatoms. The average molecular weight is 574 g/mol. The SMILES string of the molecule is CC(=O)c1nn(CC(=O)N2C3C[C@@H]3C[C@H]2C(=O)Nc2cccc(Br)n2)c2ccc(-c3cnc(C)nc3)cc12. The number of rotatable bonds is 6. The Balaban J connectivity index is 1.27. The lowest BCUT2D eigenvalue weighted by molar-refractivity contribution is -0.138. The van der Waals surface area contributed by atoms with Crippen LogP contribution in [0.5, 0.6) is 0 Å². The van der Waals surface area contributed by atoms with Gasteiger partial charge in [-0.05, 0) is 71.4 Å². The number of halogens is 1. The van der Waals surface area contributed by atoms with Crippen molar-refractivity contribution in [3.8, 4) is 11.1 Å². The number of fused-ring (bicyclic) bond motifs is 2. The fourth-order valence-corrected chi connectivity index (χ4v) is 5.57. The summed E-state index contributed by atoms with van der Waals surface area (Å²) in [4.78, 5) is 53.6. The summed E-state index contributed by atoms with van der Waals surface area (Å²) < 4.78 is 2.17. The van der Waals surface area contributed by atoms with Gasteiger partial charge >= 0.3 is 0 Å². The van der Waals surface area contributed by atoms with E-state index in [2.05, 4.69) is 41.3 Å². The van der Waals surface area contributed by atoms with Gasteiger partial charge in [-0.1, -0.05) is 12.1 Å². The van der Waals surface area contributed by atoms with Crippen molar-refractivity contribution >= 4 is 50.2 Å². The summed E-state index contributed by atoms with van der Waals surface area (Å²) in [5, 5.41) is 8.00. The lowest BCUT2D eigenvalue weighted by atomic mass is 10.0. The largest absolute Gasteiger partial charge is 0.326 e. The Hall–Kier alpha value is -3.99. The van der Waals surface area contributed by atoms with Crippen LogP contribution in [0.25, 0.3) is 22.0 Å². The molecule has 1 aliphatic carbocycles. The third-order valence-electron chi connectivity index (χ3n) is 7.14. The van der Waals surface area contributed by atoms with Crippen LogP contribution >= 0.6 is 15.9 Å². The molecule has 4 aromatic rings. The van der Waals surface area contributed by atoms with Crippen molar-refractivity contribution in [1.82, 2.24) is 29.6 Å². The molecule has 1 unspecified atom stereocenters. The molecule has 1 saturated carbocycles. The van der Waals surface area contributed by atoms with E-state index in [1.165, 1.54) is 6.92 Å². The molecule has 192 valence electrons. The third-order valence-corrected chi connectivity index (χ3v) is 7.59. The third kappa shape index (κ3) is 4.47. The Morgan fingerprint density at radius 1 is 1.08 bits per heavy atom. The molecule has 3 atom stereocenters. The van der Waals surface area contributed by atoms with Crippen molar-refractivity contribution in [2.45, 2.75) is 45.3 Å². The van der Waals surface area contributed by atoms with E-state index >= 15 is 0 Å². The molecule has 10 nitrogen and oxygen atoms in total. The number of nitrogens with zero attached hydrogens (tertiary/aromatic N) is 6. The van der Waals surface area contributed by atoms with Crippen LogP contribution in [0, 0.1) is 12.8 Å². The lowest BCUT2D eigenvalue weighted by Crippen LogP contribution is -2.46. The first kappa shape index (κ1) is 24.4. The van der Waals surface area contributed by atoms with E-state index < -0.39 is 6.04 Å². The maximum Gasteiger partial charge on any atom is 0.248 e. The molecule has 2 fully saturated rings. The summed E-state index contributed by atoms with van der Waals surface area (Å²) in [5.74, 6) is 0.776. The highest BCUT2D eigenvalue weighted by Gasteiger charge is 2.56. The van der Waals surface area contributed by atoms with Crippen LogP contribution in [0.4, 0.5) is 5.82 Å². The zero-order valence-corrected chi connectivity index (χ0v) is 22.3. The van der Waals surface area contributed by atoms with E-state index in [1.54, 1.807) is 40.2 Å². The van der Waals surface area contributed by atoms with Crippen molar-refractivity contribution in [3.63, 3.8) is 0 Å². The van der Waals surface area contributed by atoms with Gasteiger partial charge in [0.05, 0.1) is 5.52 Å². The molecule has 2 amide bonds. The second-order valence-electron chi connectivity index (χ2n) is 9.76. The number of hydrogen-bond donors (Lipinski definition) is 1. The van der Waals surface area contributed by atoms with Crippen LogP contribution in [0.15, 0.2) is 53.4 Å². The van der Waals surface area contributed by atoms with Gasteiger partial charge in [0, 0.05) is 36.3 Å². The average Bonchev–Trinajstić information content (AvgIpc) is 3.39. The van der Waals surface area contributed by atoms with Gasteiger partial charge in [-0.3, -0.25) is 19.1 Å². The fourth-order valence-electron chi connectivity index (χ4n) is 5.23. The minimum absolute atomic E-state index is 0.0518. The first-order valence-corrected chi connectivity index (χ1v) is 13.1. The van der Waals surface area contributed by atoms with Crippen molar-refractivity contribution in [3.05, 3.63) is 64.9 Å². The maximum atomic E-state index is 13.6. The van der Waals surface area contributed by atoms with Gasteiger partial charge in [0.15, 0.2) is 5.78 Å². The molecule has 1 N–H and O–H groups in total. The van der Waals surface area contributed by atoms with E-state index in [9.17, 15) is 14.4 Å². The molecule has 1 aliphatic heterocycles. The number of piperidine rings is 1. The predicted molar refractivity (Wildman–Crippen MR) is 143 cm³/mol. The molecule has 2 aliphatic rings. The van der Waals surface area contributed by atoms with Crippen LogP contribution in [0.3, 0.4) is 0 Å². The number of nitrogens with one attached hydrogen (secondary N) is 1. The van der Waals surface area contributed by atoms with Crippen molar-refractivity contribution < 1.29 is 14.4 Å². The Bertz CT molecular complexity index is 1600. The summed E-state index contributed by atoms with van der Waals surface area (Å²) in [6.07, 6.45) is 4.99. The summed E-state index contributed by atoms with van der Waals surface area (Å²) >= 11 is 3.31. The Morgan fingerprint density at radius 2 is 1.87 bits per heavy atom. The number of amides is 2. The highest BCUT2D eigenvalue weighted by molar-refractivity contribution is 9.10. The van der Waals surface area contributed by atoms with Gasteiger partial charge in [0.25, 0.3) is 0 Å². The first-order valence-electron chi connectivity index (χ1n) is 12.3. The van der Waals surface area contributed by atoms with Gasteiger partial charge in [0.1, 0.15) is 34.5 Å². The zero-order chi connectivity index (χ0) is 26.6. The van der Waals surface area contributed by atoms with Gasteiger partial charge in [-0.2, -0.15) is 5.10 Å². The number of pyridine rings is 1. The molecular weight excluding hydrogens is 550 g/mol. The van der Waals surface area contributed by atoms with E-state index in [-0.39, 0.29) is 30.2 Å². The molecule has 0 bridgehead atoms. The monoisotopic (exact) mass is 573 g/mol. The molecule has 3 aromatic heterocycles. The number of benzene rings is 1. The second kappa shape index (κ2) is 9.39. The van der Waals surface area contributed by atoms with Crippen LogP contribution in [0.2, 0.25) is 0 Å². The molecule has 6 rings (SSSR count). The number of carbonyl (C=O) groups is 3. The zero-order valence-electron chi connectivity index (χ0n) is 20.8. The Morgan fingerprint density at radius 3 is 2.61 bits per heavy atom. The number of anilines is 1.